The third-order valence-corrected chi connectivity index (χ3v) is 3.10. The Bertz CT molecular complexity index is 663. The van der Waals surface area contributed by atoms with Crippen molar-refractivity contribution in [3.63, 3.8) is 0 Å². The largest absolute Gasteiger partial charge is 0.414 e. The maximum absolute atomic E-state index is 11.1. The molecule has 3 heteroatoms. The Hall–Kier alpha value is -1.61. The van der Waals surface area contributed by atoms with E-state index in [1.54, 1.807) is 0 Å². The molecule has 0 unspecified atom stereocenters. The fourth-order valence-corrected chi connectivity index (χ4v) is 2.41. The van der Waals surface area contributed by atoms with Crippen molar-refractivity contribution in [1.82, 2.24) is 0 Å². The third-order valence-electron chi connectivity index (χ3n) is 2.22. The summed E-state index contributed by atoms with van der Waals surface area (Å²) in [5.74, 6) is 0. The van der Waals surface area contributed by atoms with Crippen molar-refractivity contribution in [2.75, 3.05) is 0 Å². The molecule has 0 bridgehead atoms. The molecule has 2 aromatic carbocycles. The molecule has 0 spiro atoms. The summed E-state index contributed by atoms with van der Waals surface area (Å²) in [5.41, 5.74) is 0.679. The van der Waals surface area contributed by atoms with Crippen molar-refractivity contribution in [2.45, 2.75) is 0 Å². The Kier molecular flexibility index (Phi) is 1.49. The highest BCUT2D eigenvalue weighted by atomic mass is 32.1. The molecule has 0 aliphatic rings. The fraction of sp³-hybridized carbons (Fsp3) is 0. The molecule has 1 heterocycles. The number of hydrogen-bond donors (Lipinski definition) is 0. The first-order valence-corrected chi connectivity index (χ1v) is 5.08. The second-order valence-corrected chi connectivity index (χ2v) is 4.01. The smallest absolute Gasteiger partial charge is 0.396 e. The number of rotatable bonds is 0. The molecule has 0 amide bonds. The van der Waals surface area contributed by atoms with Crippen LogP contribution in [-0.4, -0.2) is 0 Å². The predicted octanol–water partition coefficient (Wildman–Crippen LogP) is 3.01. The van der Waals surface area contributed by atoms with Gasteiger partial charge in [0, 0.05) is 5.39 Å². The lowest BCUT2D eigenvalue weighted by Gasteiger charge is -1.95. The molecule has 0 radical (unpaired) electrons. The van der Waals surface area contributed by atoms with Gasteiger partial charge in [0.15, 0.2) is 0 Å². The Labute approximate surface area is 83.4 Å². The molecular weight excluding hydrogens is 196 g/mol. The molecule has 1 aromatic heterocycles. The second-order valence-electron chi connectivity index (χ2n) is 3.07. The van der Waals surface area contributed by atoms with Crippen LogP contribution >= 0.6 is 11.3 Å². The van der Waals surface area contributed by atoms with E-state index in [0.717, 1.165) is 26.8 Å². The number of benzene rings is 2. The lowest BCUT2D eigenvalue weighted by Crippen LogP contribution is -1.79. The quantitative estimate of drug-likeness (QED) is 0.561. The van der Waals surface area contributed by atoms with E-state index in [1.807, 2.05) is 36.4 Å². The highest BCUT2D eigenvalue weighted by Gasteiger charge is 2.04. The first kappa shape index (κ1) is 7.76. The molecule has 0 atom stereocenters. The maximum Gasteiger partial charge on any atom is 0.396 e. The Morgan fingerprint density at radius 1 is 1.07 bits per heavy atom. The van der Waals surface area contributed by atoms with Crippen LogP contribution in [0.4, 0.5) is 0 Å². The van der Waals surface area contributed by atoms with E-state index >= 15 is 0 Å². The van der Waals surface area contributed by atoms with Crippen LogP contribution in [0.5, 0.6) is 0 Å². The third kappa shape index (κ3) is 0.992. The molecule has 14 heavy (non-hydrogen) atoms. The van der Waals surface area contributed by atoms with Crippen molar-refractivity contribution in [2.24, 2.45) is 0 Å². The van der Waals surface area contributed by atoms with Gasteiger partial charge in [-0.25, -0.2) is 4.79 Å². The van der Waals surface area contributed by atoms with Gasteiger partial charge in [0.25, 0.3) is 0 Å². The Balaban J connectivity index is 2.66. The van der Waals surface area contributed by atoms with E-state index < -0.39 is 0 Å². The lowest BCUT2D eigenvalue weighted by molar-refractivity contribution is 0.586. The summed E-state index contributed by atoms with van der Waals surface area (Å²) in [4.78, 5) is 10.8. The lowest BCUT2D eigenvalue weighted by atomic mass is 10.1. The average Bonchev–Trinajstić information content (AvgIpc) is 2.59. The van der Waals surface area contributed by atoms with E-state index in [1.165, 1.54) is 0 Å². The zero-order valence-corrected chi connectivity index (χ0v) is 8.01. The minimum absolute atomic E-state index is 0.239. The van der Waals surface area contributed by atoms with E-state index in [2.05, 4.69) is 0 Å². The van der Waals surface area contributed by atoms with Crippen LogP contribution in [0.3, 0.4) is 0 Å². The molecule has 0 N–H and O–H groups in total. The van der Waals surface area contributed by atoms with Crippen LogP contribution in [0, 0.1) is 0 Å². The van der Waals surface area contributed by atoms with Crippen LogP contribution < -0.4 is 4.94 Å². The molecule has 3 aromatic rings. The predicted molar refractivity (Wildman–Crippen MR) is 57.9 cm³/mol. The van der Waals surface area contributed by atoms with E-state index in [-0.39, 0.29) is 4.94 Å². The van der Waals surface area contributed by atoms with E-state index in [0.29, 0.717) is 5.58 Å². The van der Waals surface area contributed by atoms with Gasteiger partial charge in [-0.05, 0) is 11.5 Å². The molecule has 0 saturated heterocycles. The molecule has 68 valence electrons. The Morgan fingerprint density at radius 3 is 2.86 bits per heavy atom. The minimum atomic E-state index is -0.239. The normalized spacial score (nSPS) is 11.1. The zero-order valence-electron chi connectivity index (χ0n) is 7.19. The van der Waals surface area contributed by atoms with Gasteiger partial charge in [-0.1, -0.05) is 41.7 Å². The highest BCUT2D eigenvalue weighted by molar-refractivity contribution is 7.17. The summed E-state index contributed by atoms with van der Waals surface area (Å²) in [6.07, 6.45) is 0. The summed E-state index contributed by atoms with van der Waals surface area (Å²) >= 11 is 1.16. The van der Waals surface area contributed by atoms with Crippen LogP contribution in [0.1, 0.15) is 0 Å². The van der Waals surface area contributed by atoms with Gasteiger partial charge < -0.3 is 4.42 Å². The van der Waals surface area contributed by atoms with Gasteiger partial charge in [0.2, 0.25) is 0 Å². The summed E-state index contributed by atoms with van der Waals surface area (Å²) in [5, 5.41) is 2.22. The topological polar surface area (TPSA) is 30.2 Å². The van der Waals surface area contributed by atoms with Gasteiger partial charge in [0.05, 0.1) is 4.70 Å². The van der Waals surface area contributed by atoms with Crippen molar-refractivity contribution in [3.8, 4) is 0 Å². The maximum atomic E-state index is 11.1. The molecule has 0 fully saturated rings. The molecule has 3 rings (SSSR count). The van der Waals surface area contributed by atoms with Crippen molar-refractivity contribution >= 4 is 32.4 Å². The highest BCUT2D eigenvalue weighted by Crippen LogP contribution is 2.26. The summed E-state index contributed by atoms with van der Waals surface area (Å²) in [6.45, 7) is 0. The fourth-order valence-electron chi connectivity index (χ4n) is 1.60. The van der Waals surface area contributed by atoms with Crippen LogP contribution in [0.2, 0.25) is 0 Å². The molecular formula is C11H6O2S. The molecule has 0 saturated carbocycles. The number of fused-ring (bicyclic) bond motifs is 3. The van der Waals surface area contributed by atoms with Gasteiger partial charge in [0.1, 0.15) is 5.58 Å². The van der Waals surface area contributed by atoms with Gasteiger partial charge in [-0.2, -0.15) is 0 Å². The van der Waals surface area contributed by atoms with Gasteiger partial charge in [-0.15, -0.1) is 0 Å². The summed E-state index contributed by atoms with van der Waals surface area (Å²) < 4.78 is 5.98. The first-order valence-electron chi connectivity index (χ1n) is 4.26. The number of hydrogen-bond acceptors (Lipinski definition) is 3. The monoisotopic (exact) mass is 202 g/mol. The van der Waals surface area contributed by atoms with Crippen molar-refractivity contribution in [3.05, 3.63) is 46.1 Å². The minimum Gasteiger partial charge on any atom is -0.414 e. The van der Waals surface area contributed by atoms with Gasteiger partial charge >= 0.3 is 4.94 Å². The second kappa shape index (κ2) is 2.69. The first-order chi connectivity index (χ1) is 6.84. The van der Waals surface area contributed by atoms with E-state index in [4.69, 9.17) is 4.42 Å². The zero-order chi connectivity index (χ0) is 9.54. The molecule has 2 nitrogen and oxygen atoms in total. The average molecular weight is 202 g/mol. The van der Waals surface area contributed by atoms with Crippen LogP contribution in [0.25, 0.3) is 21.1 Å². The van der Waals surface area contributed by atoms with E-state index in [9.17, 15) is 4.79 Å². The van der Waals surface area contributed by atoms with Crippen molar-refractivity contribution < 1.29 is 4.42 Å². The standard InChI is InChI=1S/C11H6O2S/c12-11-13-9-6-5-7-3-1-2-4-8(7)10(9)14-11/h1-6H. The summed E-state index contributed by atoms with van der Waals surface area (Å²) in [6, 6.07) is 11.8. The van der Waals surface area contributed by atoms with Crippen LogP contribution in [-0.2, 0) is 0 Å². The Morgan fingerprint density at radius 2 is 1.93 bits per heavy atom. The van der Waals surface area contributed by atoms with Gasteiger partial charge in [-0.3, -0.25) is 0 Å². The molecule has 0 aliphatic carbocycles. The summed E-state index contributed by atoms with van der Waals surface area (Å²) in [7, 11) is 0. The van der Waals surface area contributed by atoms with Crippen molar-refractivity contribution in [1.29, 1.82) is 0 Å². The SMILES string of the molecule is O=c1oc2ccc3ccccc3c2s1. The molecule has 0 aliphatic heterocycles. The van der Waals surface area contributed by atoms with Crippen LogP contribution in [0.15, 0.2) is 45.6 Å².